The highest BCUT2D eigenvalue weighted by Gasteiger charge is 2.40. The summed E-state index contributed by atoms with van der Waals surface area (Å²) in [5, 5.41) is 3.47. The van der Waals surface area contributed by atoms with Crippen LogP contribution in [-0.2, 0) is 0 Å². The minimum Gasteiger partial charge on any atom is -0.354 e. The second-order valence-corrected chi connectivity index (χ2v) is 9.56. The van der Waals surface area contributed by atoms with E-state index in [0.29, 0.717) is 18.0 Å². The smallest absolute Gasteiger partial charge is 0.264 e. The lowest BCUT2D eigenvalue weighted by Crippen LogP contribution is -2.46. The zero-order valence-electron chi connectivity index (χ0n) is 18.8. The van der Waals surface area contributed by atoms with E-state index in [4.69, 9.17) is 0 Å². The van der Waals surface area contributed by atoms with Gasteiger partial charge in [-0.05, 0) is 49.9 Å². The molecule has 2 saturated heterocycles. The van der Waals surface area contributed by atoms with Crippen molar-refractivity contribution in [1.82, 2.24) is 20.2 Å². The Kier molecular flexibility index (Phi) is 5.73. The number of thiophene rings is 1. The van der Waals surface area contributed by atoms with Gasteiger partial charge in [0.25, 0.3) is 5.91 Å². The summed E-state index contributed by atoms with van der Waals surface area (Å²) in [7, 11) is 0. The van der Waals surface area contributed by atoms with Crippen LogP contribution in [0.2, 0.25) is 0 Å². The molecule has 3 aromatic heterocycles. The number of likely N-dealkylation sites (tertiary alicyclic amines) is 1. The lowest BCUT2D eigenvalue weighted by atomic mass is 9.99. The van der Waals surface area contributed by atoms with E-state index >= 15 is 0 Å². The Morgan fingerprint density at radius 2 is 1.90 bits per heavy atom. The Morgan fingerprint density at radius 1 is 1.20 bits per heavy atom. The molecule has 5 nitrogen and oxygen atoms in total. The molecule has 0 aromatic carbocycles. The molecular weight excluding hydrogens is 392 g/mol. The van der Waals surface area contributed by atoms with Gasteiger partial charge in [-0.15, -0.1) is 11.3 Å². The fourth-order valence-electron chi connectivity index (χ4n) is 4.81. The minimum atomic E-state index is 0.190. The molecule has 0 saturated carbocycles. The molecule has 3 aromatic rings. The number of H-pyrrole nitrogens is 1. The Labute approximate surface area is 182 Å². The molecule has 30 heavy (non-hydrogen) atoms. The van der Waals surface area contributed by atoms with Gasteiger partial charge in [0.15, 0.2) is 0 Å². The molecule has 0 radical (unpaired) electrons. The Bertz CT molecular complexity index is 1060. The average Bonchev–Trinajstić information content (AvgIpc) is 3.47. The van der Waals surface area contributed by atoms with Crippen LogP contribution in [0.15, 0.2) is 18.2 Å². The Morgan fingerprint density at radius 3 is 2.47 bits per heavy atom. The van der Waals surface area contributed by atoms with Crippen LogP contribution in [-0.4, -0.2) is 45.9 Å². The summed E-state index contributed by atoms with van der Waals surface area (Å²) in [6.07, 6.45) is 1.09. The second kappa shape index (κ2) is 8.16. The van der Waals surface area contributed by atoms with Gasteiger partial charge >= 0.3 is 0 Å². The van der Waals surface area contributed by atoms with Crippen LogP contribution in [0.3, 0.4) is 0 Å². The molecule has 5 heterocycles. The van der Waals surface area contributed by atoms with Crippen molar-refractivity contribution >= 4 is 27.5 Å². The number of aromatic nitrogens is 2. The highest BCUT2D eigenvalue weighted by molar-refractivity contribution is 7.21. The van der Waals surface area contributed by atoms with Crippen LogP contribution in [0.1, 0.15) is 66.7 Å². The maximum Gasteiger partial charge on any atom is 0.264 e. The number of amides is 1. The first kappa shape index (κ1) is 21.1. The van der Waals surface area contributed by atoms with Gasteiger partial charge in [0.05, 0.1) is 20.8 Å². The SMILES string of the molecule is CC.Cc1cc(-c2[nH]c3cc(C(=O)N4CC5CC4CN5)sc3c2C(C)C)cc(C)n1. The fraction of sp³-hybridized carbons (Fsp3) is 0.500. The number of piperazine rings is 1. The van der Waals surface area contributed by atoms with Gasteiger partial charge < -0.3 is 15.2 Å². The maximum atomic E-state index is 13.1. The van der Waals surface area contributed by atoms with Crippen LogP contribution in [0.5, 0.6) is 0 Å². The number of fused-ring (bicyclic) bond motifs is 3. The first-order valence-corrected chi connectivity index (χ1v) is 11.9. The van der Waals surface area contributed by atoms with Crippen LogP contribution in [0, 0.1) is 13.8 Å². The van der Waals surface area contributed by atoms with E-state index in [9.17, 15) is 4.79 Å². The molecule has 6 heteroatoms. The third-order valence-corrected chi connectivity index (χ3v) is 7.14. The summed E-state index contributed by atoms with van der Waals surface area (Å²) in [4.78, 5) is 24.2. The summed E-state index contributed by atoms with van der Waals surface area (Å²) in [5.41, 5.74) is 6.75. The summed E-state index contributed by atoms with van der Waals surface area (Å²) < 4.78 is 1.21. The zero-order valence-corrected chi connectivity index (χ0v) is 19.6. The summed E-state index contributed by atoms with van der Waals surface area (Å²) in [5.74, 6) is 0.557. The molecule has 2 N–H and O–H groups in total. The lowest BCUT2D eigenvalue weighted by molar-refractivity contribution is 0.0721. The summed E-state index contributed by atoms with van der Waals surface area (Å²) in [6.45, 7) is 14.3. The minimum absolute atomic E-state index is 0.190. The topological polar surface area (TPSA) is 61.0 Å². The van der Waals surface area contributed by atoms with Crippen molar-refractivity contribution in [2.45, 2.75) is 66.0 Å². The highest BCUT2D eigenvalue weighted by Crippen LogP contribution is 2.40. The van der Waals surface area contributed by atoms with E-state index < -0.39 is 0 Å². The molecule has 1 amide bonds. The van der Waals surface area contributed by atoms with Gasteiger partial charge in [-0.3, -0.25) is 9.78 Å². The van der Waals surface area contributed by atoms with Crippen LogP contribution in [0.4, 0.5) is 0 Å². The summed E-state index contributed by atoms with van der Waals surface area (Å²) >= 11 is 1.64. The lowest BCUT2D eigenvalue weighted by Gasteiger charge is -2.26. The molecule has 2 atom stereocenters. The van der Waals surface area contributed by atoms with E-state index in [0.717, 1.165) is 47.0 Å². The fourth-order valence-corrected chi connectivity index (χ4v) is 6.08. The van der Waals surface area contributed by atoms with Crippen molar-refractivity contribution in [2.24, 2.45) is 0 Å². The van der Waals surface area contributed by atoms with E-state index in [1.807, 2.05) is 27.7 Å². The van der Waals surface area contributed by atoms with Crippen molar-refractivity contribution in [1.29, 1.82) is 0 Å². The van der Waals surface area contributed by atoms with Crippen LogP contribution in [0.25, 0.3) is 21.5 Å². The number of rotatable bonds is 3. The van der Waals surface area contributed by atoms with E-state index in [1.165, 1.54) is 15.8 Å². The van der Waals surface area contributed by atoms with E-state index in [1.54, 1.807) is 11.3 Å². The third-order valence-electron chi connectivity index (χ3n) is 5.98. The van der Waals surface area contributed by atoms with Gasteiger partial charge in [-0.2, -0.15) is 0 Å². The predicted molar refractivity (Wildman–Crippen MR) is 126 cm³/mol. The number of nitrogens with one attached hydrogen (secondary N) is 2. The molecular formula is C24H32N4OS. The number of nitrogens with zero attached hydrogens (tertiary/aromatic N) is 2. The molecule has 2 fully saturated rings. The van der Waals surface area contributed by atoms with Gasteiger partial charge in [0.2, 0.25) is 0 Å². The monoisotopic (exact) mass is 424 g/mol. The predicted octanol–water partition coefficient (Wildman–Crippen LogP) is 5.24. The number of hydrogen-bond donors (Lipinski definition) is 2. The van der Waals surface area contributed by atoms with Gasteiger partial charge in [0, 0.05) is 42.1 Å². The van der Waals surface area contributed by atoms with E-state index in [2.05, 4.69) is 52.2 Å². The van der Waals surface area contributed by atoms with Gasteiger partial charge in [-0.1, -0.05) is 27.7 Å². The second-order valence-electron chi connectivity index (χ2n) is 8.51. The molecule has 2 aliphatic heterocycles. The molecule has 2 unspecified atom stereocenters. The normalized spacial score (nSPS) is 20.2. The highest BCUT2D eigenvalue weighted by atomic mass is 32.1. The quantitative estimate of drug-likeness (QED) is 0.604. The maximum absolute atomic E-state index is 13.1. The van der Waals surface area contributed by atoms with Crippen molar-refractivity contribution in [3.05, 3.63) is 40.0 Å². The van der Waals surface area contributed by atoms with Crippen molar-refractivity contribution in [3.8, 4) is 11.3 Å². The molecule has 0 aliphatic carbocycles. The van der Waals surface area contributed by atoms with Crippen molar-refractivity contribution < 1.29 is 4.79 Å². The number of aromatic amines is 1. The summed E-state index contributed by atoms with van der Waals surface area (Å²) in [6, 6.07) is 7.16. The van der Waals surface area contributed by atoms with Crippen molar-refractivity contribution in [3.63, 3.8) is 0 Å². The largest absolute Gasteiger partial charge is 0.354 e. The first-order valence-electron chi connectivity index (χ1n) is 11.1. The molecule has 0 spiro atoms. The molecule has 5 rings (SSSR count). The standard InChI is InChI=1S/C22H26N4OS.C2H6/c1-11(2)19-20(14-5-12(3)24-13(4)6-14)25-17-8-18(28-21(17)19)22(27)26-10-15-7-16(26)9-23-15;1-2/h5-6,8,11,15-16,23,25H,7,9-10H2,1-4H3;1-2H3. The molecule has 2 aliphatic rings. The zero-order chi connectivity index (χ0) is 21.6. The Hall–Kier alpha value is -2.18. The van der Waals surface area contributed by atoms with Gasteiger partial charge in [0.1, 0.15) is 0 Å². The third kappa shape index (κ3) is 3.56. The Balaban J connectivity index is 0.00000106. The first-order chi connectivity index (χ1) is 14.4. The van der Waals surface area contributed by atoms with E-state index in [-0.39, 0.29) is 5.91 Å². The number of carbonyl (C=O) groups is 1. The van der Waals surface area contributed by atoms with Crippen LogP contribution < -0.4 is 5.32 Å². The number of aryl methyl sites for hydroxylation is 2. The van der Waals surface area contributed by atoms with Gasteiger partial charge in [-0.25, -0.2) is 0 Å². The van der Waals surface area contributed by atoms with Crippen molar-refractivity contribution in [2.75, 3.05) is 13.1 Å². The average molecular weight is 425 g/mol. The molecule has 2 bridgehead atoms. The number of hydrogen-bond acceptors (Lipinski definition) is 4. The number of pyridine rings is 1. The number of carbonyl (C=O) groups excluding carboxylic acids is 1. The van der Waals surface area contributed by atoms with Crippen LogP contribution >= 0.6 is 11.3 Å². The molecule has 160 valence electrons.